The third-order valence-electron chi connectivity index (χ3n) is 6.21. The first-order chi connectivity index (χ1) is 15.2. The Kier molecular flexibility index (Phi) is 5.68. The smallest absolute Gasteiger partial charge is 0.250 e. The van der Waals surface area contributed by atoms with Gasteiger partial charge in [-0.05, 0) is 61.1 Å². The molecule has 0 atom stereocenters. The number of anilines is 2. The zero-order valence-corrected chi connectivity index (χ0v) is 19.3. The SMILES string of the molecule is CCCc1ccccc1Nc1cc(-n2c(C)cc3c2CC(C)(C)CC3=O)ccc1C(N)=O. The molecular weight excluding hydrogens is 398 g/mol. The molecule has 0 radical (unpaired) electrons. The summed E-state index contributed by atoms with van der Waals surface area (Å²) in [6.07, 6.45) is 3.35. The van der Waals surface area contributed by atoms with E-state index in [1.165, 1.54) is 5.56 Å². The Morgan fingerprint density at radius 3 is 2.56 bits per heavy atom. The largest absolute Gasteiger partial charge is 0.366 e. The normalized spacial score (nSPS) is 14.8. The number of aryl methyl sites for hydroxylation is 2. The van der Waals surface area contributed by atoms with Crippen LogP contribution in [0, 0.1) is 12.3 Å². The third kappa shape index (κ3) is 4.07. The number of ketones is 1. The van der Waals surface area contributed by atoms with E-state index in [1.807, 2.05) is 43.3 Å². The number of nitrogens with two attached hydrogens (primary N) is 1. The van der Waals surface area contributed by atoms with Gasteiger partial charge in [0.2, 0.25) is 0 Å². The van der Waals surface area contributed by atoms with Crippen molar-refractivity contribution in [2.75, 3.05) is 5.32 Å². The van der Waals surface area contributed by atoms with Crippen molar-refractivity contribution >= 4 is 23.1 Å². The van der Waals surface area contributed by atoms with Gasteiger partial charge in [0, 0.05) is 34.7 Å². The van der Waals surface area contributed by atoms with E-state index in [-0.39, 0.29) is 11.2 Å². The van der Waals surface area contributed by atoms with Crippen LogP contribution in [0.3, 0.4) is 0 Å². The van der Waals surface area contributed by atoms with Crippen LogP contribution in [0.4, 0.5) is 11.4 Å². The third-order valence-corrected chi connectivity index (χ3v) is 6.21. The first kappa shape index (κ1) is 21.9. The second-order valence-electron chi connectivity index (χ2n) is 9.55. The molecule has 0 bridgehead atoms. The molecule has 166 valence electrons. The van der Waals surface area contributed by atoms with Gasteiger partial charge < -0.3 is 15.6 Å². The highest BCUT2D eigenvalue weighted by molar-refractivity contribution is 6.00. The minimum Gasteiger partial charge on any atom is -0.366 e. The van der Waals surface area contributed by atoms with Crippen LogP contribution in [0.25, 0.3) is 5.69 Å². The Morgan fingerprint density at radius 2 is 1.84 bits per heavy atom. The summed E-state index contributed by atoms with van der Waals surface area (Å²) in [7, 11) is 0. The zero-order valence-electron chi connectivity index (χ0n) is 19.3. The first-order valence-electron chi connectivity index (χ1n) is 11.2. The van der Waals surface area contributed by atoms with Gasteiger partial charge in [-0.1, -0.05) is 45.4 Å². The van der Waals surface area contributed by atoms with Crippen molar-refractivity contribution in [1.29, 1.82) is 0 Å². The van der Waals surface area contributed by atoms with Crippen LogP contribution in [0.15, 0.2) is 48.5 Å². The molecule has 3 N–H and O–H groups in total. The number of amides is 1. The fraction of sp³-hybridized carbons (Fsp3) is 0.333. The number of rotatable bonds is 6. The van der Waals surface area contributed by atoms with Gasteiger partial charge in [-0.25, -0.2) is 0 Å². The number of benzene rings is 2. The maximum absolute atomic E-state index is 12.8. The number of carbonyl (C=O) groups excluding carboxylic acids is 2. The summed E-state index contributed by atoms with van der Waals surface area (Å²) in [4.78, 5) is 24.9. The molecule has 1 aliphatic carbocycles. The van der Waals surface area contributed by atoms with Crippen LogP contribution in [0.1, 0.15) is 71.3 Å². The van der Waals surface area contributed by atoms with Gasteiger partial charge in [0.05, 0.1) is 11.3 Å². The van der Waals surface area contributed by atoms with Crippen LogP contribution in [-0.4, -0.2) is 16.3 Å². The lowest BCUT2D eigenvalue weighted by molar-refractivity contribution is 0.0910. The molecule has 0 spiro atoms. The van der Waals surface area contributed by atoms with Crippen molar-refractivity contribution < 1.29 is 9.59 Å². The minimum atomic E-state index is -0.477. The van der Waals surface area contributed by atoms with Crippen molar-refractivity contribution in [1.82, 2.24) is 4.57 Å². The van der Waals surface area contributed by atoms with Gasteiger partial charge >= 0.3 is 0 Å². The average Bonchev–Trinajstić information content (AvgIpc) is 3.04. The lowest BCUT2D eigenvalue weighted by atomic mass is 9.76. The predicted molar refractivity (Wildman–Crippen MR) is 129 cm³/mol. The van der Waals surface area contributed by atoms with E-state index in [0.29, 0.717) is 17.7 Å². The topological polar surface area (TPSA) is 77.1 Å². The van der Waals surface area contributed by atoms with Gasteiger partial charge in [0.25, 0.3) is 5.91 Å². The van der Waals surface area contributed by atoms with E-state index in [4.69, 9.17) is 5.73 Å². The number of para-hydroxylation sites is 1. The molecule has 1 aliphatic rings. The zero-order chi connectivity index (χ0) is 23.0. The van der Waals surface area contributed by atoms with Crippen molar-refractivity contribution in [3.05, 3.63) is 76.6 Å². The highest BCUT2D eigenvalue weighted by Crippen LogP contribution is 2.38. The second kappa shape index (κ2) is 8.30. The molecule has 32 heavy (non-hydrogen) atoms. The average molecular weight is 430 g/mol. The Bertz CT molecular complexity index is 1200. The summed E-state index contributed by atoms with van der Waals surface area (Å²) in [5.74, 6) is -0.284. The van der Waals surface area contributed by atoms with E-state index < -0.39 is 5.91 Å². The maximum Gasteiger partial charge on any atom is 0.250 e. The first-order valence-corrected chi connectivity index (χ1v) is 11.2. The molecule has 0 unspecified atom stereocenters. The Hall–Kier alpha value is -3.34. The Labute approximate surface area is 189 Å². The van der Waals surface area contributed by atoms with Crippen molar-refractivity contribution in [3.8, 4) is 5.69 Å². The van der Waals surface area contributed by atoms with E-state index >= 15 is 0 Å². The molecule has 5 heteroatoms. The molecule has 3 aromatic rings. The summed E-state index contributed by atoms with van der Waals surface area (Å²) in [6, 6.07) is 15.7. The van der Waals surface area contributed by atoms with E-state index in [1.54, 1.807) is 6.07 Å². The lowest BCUT2D eigenvalue weighted by Gasteiger charge is -2.30. The molecule has 4 rings (SSSR count). The standard InChI is InChI=1S/C27H31N3O2/c1-5-8-18-9-6-7-10-22(18)29-23-14-19(11-12-20(23)26(28)32)30-17(2)13-21-24(30)15-27(3,4)16-25(21)31/h6-7,9-14,29H,5,8,15-16H2,1-4H3,(H2,28,32). The van der Waals surface area contributed by atoms with Crippen molar-refractivity contribution in [2.24, 2.45) is 11.1 Å². The fourth-order valence-electron chi connectivity index (χ4n) is 4.78. The molecule has 1 aromatic heterocycles. The number of carbonyl (C=O) groups is 2. The molecule has 2 aromatic carbocycles. The summed E-state index contributed by atoms with van der Waals surface area (Å²) in [5.41, 5.74) is 12.6. The number of fused-ring (bicyclic) bond motifs is 1. The summed E-state index contributed by atoms with van der Waals surface area (Å²) in [6.45, 7) is 8.43. The van der Waals surface area contributed by atoms with Crippen LogP contribution < -0.4 is 11.1 Å². The molecule has 1 amide bonds. The summed E-state index contributed by atoms with van der Waals surface area (Å²) < 4.78 is 2.14. The maximum atomic E-state index is 12.8. The number of primary amides is 1. The quantitative estimate of drug-likeness (QED) is 0.525. The highest BCUT2D eigenvalue weighted by atomic mass is 16.1. The van der Waals surface area contributed by atoms with Crippen LogP contribution in [0.5, 0.6) is 0 Å². The summed E-state index contributed by atoms with van der Waals surface area (Å²) in [5, 5.41) is 3.45. The molecule has 0 saturated carbocycles. The van der Waals surface area contributed by atoms with Crippen molar-refractivity contribution in [3.63, 3.8) is 0 Å². The number of nitrogens with one attached hydrogen (secondary N) is 1. The van der Waals surface area contributed by atoms with Crippen LogP contribution in [0.2, 0.25) is 0 Å². The fourth-order valence-corrected chi connectivity index (χ4v) is 4.78. The number of hydrogen-bond donors (Lipinski definition) is 2. The number of hydrogen-bond acceptors (Lipinski definition) is 3. The molecule has 0 saturated heterocycles. The predicted octanol–water partition coefficient (Wildman–Crippen LogP) is 5.74. The molecule has 0 fully saturated rings. The lowest BCUT2D eigenvalue weighted by Crippen LogP contribution is -2.27. The number of aromatic nitrogens is 1. The van der Waals surface area contributed by atoms with E-state index in [0.717, 1.165) is 47.6 Å². The Morgan fingerprint density at radius 1 is 1.09 bits per heavy atom. The van der Waals surface area contributed by atoms with Crippen molar-refractivity contribution in [2.45, 2.75) is 53.4 Å². The van der Waals surface area contributed by atoms with E-state index in [9.17, 15) is 9.59 Å². The van der Waals surface area contributed by atoms with Gasteiger partial charge in [0.15, 0.2) is 5.78 Å². The molecule has 5 nitrogen and oxygen atoms in total. The number of Topliss-reactive ketones (excluding diaryl/α,β-unsaturated/α-hetero) is 1. The van der Waals surface area contributed by atoms with Crippen LogP contribution >= 0.6 is 0 Å². The van der Waals surface area contributed by atoms with Gasteiger partial charge in [0.1, 0.15) is 0 Å². The monoisotopic (exact) mass is 429 g/mol. The summed E-state index contributed by atoms with van der Waals surface area (Å²) >= 11 is 0. The van der Waals surface area contributed by atoms with E-state index in [2.05, 4.69) is 36.7 Å². The minimum absolute atomic E-state index is 0.0834. The van der Waals surface area contributed by atoms with Gasteiger partial charge in [-0.2, -0.15) is 0 Å². The molecule has 0 aliphatic heterocycles. The second-order valence-corrected chi connectivity index (χ2v) is 9.55. The number of nitrogens with zero attached hydrogens (tertiary/aromatic N) is 1. The van der Waals surface area contributed by atoms with Gasteiger partial charge in [-0.15, -0.1) is 0 Å². The molecular formula is C27H31N3O2. The highest BCUT2D eigenvalue weighted by Gasteiger charge is 2.34. The Balaban J connectivity index is 1.83. The van der Waals surface area contributed by atoms with Gasteiger partial charge in [-0.3, -0.25) is 9.59 Å². The van der Waals surface area contributed by atoms with Crippen LogP contribution in [-0.2, 0) is 12.8 Å². The molecule has 1 heterocycles.